The summed E-state index contributed by atoms with van der Waals surface area (Å²) in [6, 6.07) is 7.86. The number of nitrogens with one attached hydrogen (secondary N) is 2. The molecule has 3 aromatic rings. The van der Waals surface area contributed by atoms with Crippen LogP contribution < -0.4 is 10.6 Å². The molecule has 0 aliphatic heterocycles. The van der Waals surface area contributed by atoms with Gasteiger partial charge in [-0.2, -0.15) is 19.3 Å². The second-order valence-corrected chi connectivity index (χ2v) is 6.70. The summed E-state index contributed by atoms with van der Waals surface area (Å²) >= 11 is 5.95. The molecule has 3 aromatic heterocycles. The summed E-state index contributed by atoms with van der Waals surface area (Å²) in [6.45, 7) is 3.52. The summed E-state index contributed by atoms with van der Waals surface area (Å²) in [4.78, 5) is 20.6. The van der Waals surface area contributed by atoms with Gasteiger partial charge in [0.15, 0.2) is 5.82 Å². The fourth-order valence-electron chi connectivity index (χ4n) is 2.06. The van der Waals surface area contributed by atoms with Crippen LogP contribution in [-0.2, 0) is 0 Å². The monoisotopic (exact) mass is 389 g/mol. The van der Waals surface area contributed by atoms with Crippen molar-refractivity contribution in [2.24, 2.45) is 0 Å². The highest BCUT2D eigenvalue weighted by atomic mass is 35.5. The summed E-state index contributed by atoms with van der Waals surface area (Å²) in [5.41, 5.74) is -0.101. The predicted molar refractivity (Wildman–Crippen MR) is 100 cm³/mol. The van der Waals surface area contributed by atoms with Gasteiger partial charge in [-0.1, -0.05) is 17.7 Å². The smallest absolute Gasteiger partial charge is 0.232 e. The molecular formula is C17H17ClFN7O. The van der Waals surface area contributed by atoms with E-state index in [0.29, 0.717) is 16.5 Å². The molecule has 10 heteroatoms. The van der Waals surface area contributed by atoms with Gasteiger partial charge in [-0.05, 0) is 32.0 Å². The zero-order valence-corrected chi connectivity index (χ0v) is 15.4. The Morgan fingerprint density at radius 3 is 2.59 bits per heavy atom. The minimum Gasteiger partial charge on any atom is -0.389 e. The summed E-state index contributed by atoms with van der Waals surface area (Å²) in [7, 11) is 0. The van der Waals surface area contributed by atoms with Gasteiger partial charge in [-0.15, -0.1) is 0 Å². The van der Waals surface area contributed by atoms with Gasteiger partial charge < -0.3 is 15.7 Å². The van der Waals surface area contributed by atoms with Crippen LogP contribution in [0.1, 0.15) is 13.8 Å². The van der Waals surface area contributed by atoms with E-state index in [9.17, 15) is 9.50 Å². The van der Waals surface area contributed by atoms with Crippen molar-refractivity contribution in [2.75, 3.05) is 17.2 Å². The Balaban J connectivity index is 1.97. The van der Waals surface area contributed by atoms with Crippen LogP contribution in [0.15, 0.2) is 36.5 Å². The third-order valence-corrected chi connectivity index (χ3v) is 3.45. The Bertz CT molecular complexity index is 949. The number of anilines is 3. The number of halogens is 2. The van der Waals surface area contributed by atoms with Gasteiger partial charge in [0, 0.05) is 24.5 Å². The van der Waals surface area contributed by atoms with Crippen LogP contribution in [0.4, 0.5) is 22.0 Å². The standard InChI is InChI=1S/C17H17ClFN7O/c1-17(2,27)9-21-15-24-14(11-4-3-5-12(18)23-11)25-16(26-15)22-10-6-7-20-13(19)8-10/h3-8,27H,9H2,1-2H3,(H2,20,21,22,24,25,26). The zero-order valence-electron chi connectivity index (χ0n) is 14.6. The Hall–Kier alpha value is -2.91. The van der Waals surface area contributed by atoms with Crippen LogP contribution >= 0.6 is 11.6 Å². The molecule has 0 aromatic carbocycles. The maximum Gasteiger partial charge on any atom is 0.232 e. The molecule has 3 heterocycles. The largest absolute Gasteiger partial charge is 0.389 e. The molecule has 0 aliphatic rings. The minimum absolute atomic E-state index is 0.172. The van der Waals surface area contributed by atoms with Crippen LogP contribution in [0.5, 0.6) is 0 Å². The second kappa shape index (κ2) is 7.77. The summed E-state index contributed by atoms with van der Waals surface area (Å²) in [5.74, 6) is 0.0282. The Morgan fingerprint density at radius 2 is 1.89 bits per heavy atom. The van der Waals surface area contributed by atoms with Crippen molar-refractivity contribution in [3.63, 3.8) is 0 Å². The van der Waals surface area contributed by atoms with Gasteiger partial charge in [-0.3, -0.25) is 0 Å². The third-order valence-electron chi connectivity index (χ3n) is 3.24. The summed E-state index contributed by atoms with van der Waals surface area (Å²) in [6.07, 6.45) is 1.33. The zero-order chi connectivity index (χ0) is 19.4. The Morgan fingerprint density at radius 1 is 1.11 bits per heavy atom. The lowest BCUT2D eigenvalue weighted by atomic mass is 10.1. The van der Waals surface area contributed by atoms with E-state index >= 15 is 0 Å². The van der Waals surface area contributed by atoms with Crippen molar-refractivity contribution in [2.45, 2.75) is 19.4 Å². The van der Waals surface area contributed by atoms with Crippen LogP contribution in [0.25, 0.3) is 11.5 Å². The maximum absolute atomic E-state index is 13.3. The molecule has 8 nitrogen and oxygen atoms in total. The predicted octanol–water partition coefficient (Wildman–Crippen LogP) is 3.05. The van der Waals surface area contributed by atoms with Crippen molar-refractivity contribution in [3.05, 3.63) is 47.6 Å². The SMILES string of the molecule is CC(C)(O)CNc1nc(Nc2ccnc(F)c2)nc(-c2cccc(Cl)n2)n1. The topological polar surface area (TPSA) is 109 Å². The highest BCUT2D eigenvalue weighted by molar-refractivity contribution is 6.29. The van der Waals surface area contributed by atoms with E-state index in [-0.39, 0.29) is 24.3 Å². The first kappa shape index (κ1) is 18.9. The van der Waals surface area contributed by atoms with Gasteiger partial charge in [0.2, 0.25) is 17.8 Å². The number of nitrogens with zero attached hydrogens (tertiary/aromatic N) is 5. The van der Waals surface area contributed by atoms with Gasteiger partial charge in [0.25, 0.3) is 0 Å². The molecule has 0 bridgehead atoms. The Kier molecular flexibility index (Phi) is 5.43. The molecule has 3 rings (SSSR count). The number of aromatic nitrogens is 5. The van der Waals surface area contributed by atoms with Crippen LogP contribution in [0, 0.1) is 5.95 Å². The number of pyridine rings is 2. The van der Waals surface area contributed by atoms with Crippen molar-refractivity contribution < 1.29 is 9.50 Å². The van der Waals surface area contributed by atoms with E-state index in [1.807, 2.05) is 0 Å². The van der Waals surface area contributed by atoms with Crippen LogP contribution in [0.2, 0.25) is 5.15 Å². The molecule has 0 saturated heterocycles. The molecule has 0 atom stereocenters. The summed E-state index contributed by atoms with van der Waals surface area (Å²) in [5, 5.41) is 16.1. The summed E-state index contributed by atoms with van der Waals surface area (Å²) < 4.78 is 13.3. The average Bonchev–Trinajstić information content (AvgIpc) is 2.59. The van der Waals surface area contributed by atoms with Gasteiger partial charge >= 0.3 is 0 Å². The molecule has 0 radical (unpaired) electrons. The average molecular weight is 390 g/mol. The van der Waals surface area contributed by atoms with E-state index in [4.69, 9.17) is 11.6 Å². The lowest BCUT2D eigenvalue weighted by molar-refractivity contribution is 0.0943. The first-order valence-electron chi connectivity index (χ1n) is 8.02. The molecule has 140 valence electrons. The van der Waals surface area contributed by atoms with Crippen molar-refractivity contribution in [1.29, 1.82) is 0 Å². The molecule has 0 unspecified atom stereocenters. The van der Waals surface area contributed by atoms with Crippen LogP contribution in [-0.4, -0.2) is 42.2 Å². The van der Waals surface area contributed by atoms with Crippen molar-refractivity contribution in [3.8, 4) is 11.5 Å². The minimum atomic E-state index is -0.969. The molecule has 27 heavy (non-hydrogen) atoms. The van der Waals surface area contributed by atoms with Gasteiger partial charge in [-0.25, -0.2) is 9.97 Å². The molecule has 0 fully saturated rings. The lowest BCUT2D eigenvalue weighted by Crippen LogP contribution is -2.30. The number of hydrogen-bond acceptors (Lipinski definition) is 8. The maximum atomic E-state index is 13.3. The number of rotatable bonds is 6. The van der Waals surface area contributed by atoms with Gasteiger partial charge in [0.1, 0.15) is 10.8 Å². The third kappa shape index (κ3) is 5.53. The Labute approximate surface area is 159 Å². The molecule has 0 amide bonds. The molecular weight excluding hydrogens is 373 g/mol. The van der Waals surface area contributed by atoms with E-state index in [2.05, 4.69) is 35.6 Å². The number of hydrogen-bond donors (Lipinski definition) is 3. The van der Waals surface area contributed by atoms with Crippen molar-refractivity contribution >= 4 is 29.2 Å². The van der Waals surface area contributed by atoms with E-state index in [1.165, 1.54) is 12.3 Å². The molecule has 0 aliphatic carbocycles. The fraction of sp³-hybridized carbons (Fsp3) is 0.235. The van der Waals surface area contributed by atoms with Crippen molar-refractivity contribution in [1.82, 2.24) is 24.9 Å². The molecule has 3 N–H and O–H groups in total. The lowest BCUT2D eigenvalue weighted by Gasteiger charge is -2.18. The van der Waals surface area contributed by atoms with Gasteiger partial charge in [0.05, 0.1) is 5.60 Å². The van der Waals surface area contributed by atoms with E-state index < -0.39 is 11.5 Å². The highest BCUT2D eigenvalue weighted by Crippen LogP contribution is 2.20. The number of aliphatic hydroxyl groups is 1. The van der Waals surface area contributed by atoms with E-state index in [1.54, 1.807) is 38.1 Å². The first-order valence-corrected chi connectivity index (χ1v) is 8.40. The van der Waals surface area contributed by atoms with E-state index in [0.717, 1.165) is 0 Å². The highest BCUT2D eigenvalue weighted by Gasteiger charge is 2.15. The first-order chi connectivity index (χ1) is 12.8. The normalized spacial score (nSPS) is 11.3. The van der Waals surface area contributed by atoms with Crippen LogP contribution in [0.3, 0.4) is 0 Å². The quantitative estimate of drug-likeness (QED) is 0.552. The molecule has 0 saturated carbocycles. The second-order valence-electron chi connectivity index (χ2n) is 6.31. The molecule has 0 spiro atoms. The fourth-order valence-corrected chi connectivity index (χ4v) is 2.23.